The lowest BCUT2D eigenvalue weighted by atomic mass is 10.1. The van der Waals surface area contributed by atoms with Gasteiger partial charge in [0.1, 0.15) is 6.04 Å². The fourth-order valence-corrected chi connectivity index (χ4v) is 5.81. The third-order valence-corrected chi connectivity index (χ3v) is 8.05. The summed E-state index contributed by atoms with van der Waals surface area (Å²) in [5.41, 5.74) is 1.20. The molecule has 2 amide bonds. The molecule has 0 aliphatic carbocycles. The molecule has 172 valence electrons. The SMILES string of the molecule is CC(NC(=O)[C@H]1CCCN1C(=O)c1cccc(S(=O)(=O)N2CC(C#N)C2)c1)c1ccccc1. The van der Waals surface area contributed by atoms with Crippen molar-refractivity contribution in [2.75, 3.05) is 19.6 Å². The van der Waals surface area contributed by atoms with Crippen LogP contribution >= 0.6 is 0 Å². The van der Waals surface area contributed by atoms with E-state index in [1.807, 2.05) is 37.3 Å². The molecule has 1 N–H and O–H groups in total. The Morgan fingerprint density at radius 2 is 1.85 bits per heavy atom. The van der Waals surface area contributed by atoms with Crippen molar-refractivity contribution >= 4 is 21.8 Å². The number of nitrogens with one attached hydrogen (secondary N) is 1. The normalized spacial score (nSPS) is 20.0. The average molecular weight is 467 g/mol. The predicted octanol–water partition coefficient (Wildman–Crippen LogP) is 2.31. The number of carbonyl (C=O) groups is 2. The van der Waals surface area contributed by atoms with Gasteiger partial charge in [0, 0.05) is 25.2 Å². The van der Waals surface area contributed by atoms with E-state index in [-0.39, 0.29) is 47.3 Å². The summed E-state index contributed by atoms with van der Waals surface area (Å²) in [4.78, 5) is 27.7. The Labute approximate surface area is 193 Å². The van der Waals surface area contributed by atoms with Crippen LogP contribution in [0.4, 0.5) is 0 Å². The van der Waals surface area contributed by atoms with Crippen molar-refractivity contribution in [1.29, 1.82) is 5.26 Å². The number of amides is 2. The van der Waals surface area contributed by atoms with Crippen molar-refractivity contribution in [1.82, 2.24) is 14.5 Å². The minimum atomic E-state index is -3.77. The van der Waals surface area contributed by atoms with Crippen LogP contribution in [0.1, 0.15) is 41.7 Å². The smallest absolute Gasteiger partial charge is 0.254 e. The fraction of sp³-hybridized carbons (Fsp3) is 0.375. The molecule has 1 unspecified atom stereocenters. The van der Waals surface area contributed by atoms with Crippen molar-refractivity contribution < 1.29 is 18.0 Å². The van der Waals surface area contributed by atoms with Crippen LogP contribution in [0.25, 0.3) is 0 Å². The Morgan fingerprint density at radius 3 is 2.55 bits per heavy atom. The van der Waals surface area contributed by atoms with Gasteiger partial charge in [0.2, 0.25) is 15.9 Å². The van der Waals surface area contributed by atoms with E-state index in [1.54, 1.807) is 6.07 Å². The van der Waals surface area contributed by atoms with Gasteiger partial charge in [-0.25, -0.2) is 8.42 Å². The second-order valence-electron chi connectivity index (χ2n) is 8.47. The molecular weight excluding hydrogens is 440 g/mol. The van der Waals surface area contributed by atoms with Crippen LogP contribution in [0.3, 0.4) is 0 Å². The maximum atomic E-state index is 13.2. The zero-order valence-corrected chi connectivity index (χ0v) is 19.2. The van der Waals surface area contributed by atoms with E-state index in [0.717, 1.165) is 5.56 Å². The highest BCUT2D eigenvalue weighted by Gasteiger charge is 2.38. The standard InChI is InChI=1S/C24H26N4O4S/c1-17(19-7-3-2-4-8-19)26-23(29)22-11-6-12-28(22)24(30)20-9-5-10-21(13-20)33(31,32)27-15-18(14-25)16-27/h2-5,7-10,13,17-18,22H,6,11-12,15-16H2,1H3,(H,26,29)/t17?,22-/m1/s1. The van der Waals surface area contributed by atoms with E-state index < -0.39 is 16.1 Å². The molecular formula is C24H26N4O4S. The molecule has 2 aliphatic rings. The minimum absolute atomic E-state index is 0.0163. The molecule has 2 aliphatic heterocycles. The molecule has 0 radical (unpaired) electrons. The predicted molar refractivity (Wildman–Crippen MR) is 121 cm³/mol. The summed E-state index contributed by atoms with van der Waals surface area (Å²) in [6, 6.07) is 16.8. The second kappa shape index (κ2) is 9.33. The van der Waals surface area contributed by atoms with Crippen LogP contribution in [-0.2, 0) is 14.8 Å². The second-order valence-corrected chi connectivity index (χ2v) is 10.4. The highest BCUT2D eigenvalue weighted by molar-refractivity contribution is 7.89. The third-order valence-electron chi connectivity index (χ3n) is 6.22. The molecule has 0 aromatic heterocycles. The van der Waals surface area contributed by atoms with Gasteiger partial charge in [-0.15, -0.1) is 0 Å². The lowest BCUT2D eigenvalue weighted by Gasteiger charge is -2.34. The van der Waals surface area contributed by atoms with Gasteiger partial charge in [-0.1, -0.05) is 36.4 Å². The maximum absolute atomic E-state index is 13.2. The van der Waals surface area contributed by atoms with Gasteiger partial charge in [-0.05, 0) is 43.5 Å². The number of hydrogen-bond donors (Lipinski definition) is 1. The number of carbonyl (C=O) groups excluding carboxylic acids is 2. The number of nitrogens with zero attached hydrogens (tertiary/aromatic N) is 3. The van der Waals surface area contributed by atoms with E-state index in [1.165, 1.54) is 27.4 Å². The topological polar surface area (TPSA) is 111 Å². The largest absolute Gasteiger partial charge is 0.348 e. The van der Waals surface area contributed by atoms with Gasteiger partial charge < -0.3 is 10.2 Å². The van der Waals surface area contributed by atoms with Crippen LogP contribution in [0.15, 0.2) is 59.5 Å². The van der Waals surface area contributed by atoms with Crippen molar-refractivity contribution in [2.24, 2.45) is 5.92 Å². The molecule has 4 rings (SSSR count). The minimum Gasteiger partial charge on any atom is -0.348 e. The summed E-state index contributed by atoms with van der Waals surface area (Å²) in [6.45, 7) is 2.65. The Hall–Kier alpha value is -3.22. The first-order valence-electron chi connectivity index (χ1n) is 11.0. The first-order valence-corrected chi connectivity index (χ1v) is 12.4. The summed E-state index contributed by atoms with van der Waals surface area (Å²) in [5.74, 6) is -0.883. The highest BCUT2D eigenvalue weighted by Crippen LogP contribution is 2.27. The molecule has 2 fully saturated rings. The molecule has 2 atom stereocenters. The van der Waals surface area contributed by atoms with E-state index in [2.05, 4.69) is 11.4 Å². The quantitative estimate of drug-likeness (QED) is 0.702. The summed E-state index contributed by atoms with van der Waals surface area (Å²) >= 11 is 0. The molecule has 2 saturated heterocycles. The summed E-state index contributed by atoms with van der Waals surface area (Å²) in [7, 11) is -3.77. The van der Waals surface area contributed by atoms with Crippen LogP contribution < -0.4 is 5.32 Å². The third kappa shape index (κ3) is 4.63. The number of rotatable bonds is 6. The lowest BCUT2D eigenvalue weighted by Crippen LogP contribution is -2.49. The average Bonchev–Trinajstić information content (AvgIpc) is 3.28. The van der Waals surface area contributed by atoms with Crippen molar-refractivity contribution in [3.05, 3.63) is 65.7 Å². The van der Waals surface area contributed by atoms with Crippen LogP contribution in [0, 0.1) is 17.2 Å². The molecule has 2 aromatic carbocycles. The number of nitriles is 1. The summed E-state index contributed by atoms with van der Waals surface area (Å²) < 4.78 is 26.9. The molecule has 0 saturated carbocycles. The van der Waals surface area contributed by atoms with Crippen molar-refractivity contribution in [2.45, 2.75) is 36.7 Å². The van der Waals surface area contributed by atoms with Gasteiger partial charge >= 0.3 is 0 Å². The Kier molecular flexibility index (Phi) is 6.49. The number of sulfonamides is 1. The van der Waals surface area contributed by atoms with Gasteiger partial charge in [-0.2, -0.15) is 9.57 Å². The van der Waals surface area contributed by atoms with E-state index in [0.29, 0.717) is 19.4 Å². The summed E-state index contributed by atoms with van der Waals surface area (Å²) in [5, 5.41) is 11.9. The molecule has 33 heavy (non-hydrogen) atoms. The maximum Gasteiger partial charge on any atom is 0.254 e. The van der Waals surface area contributed by atoms with Gasteiger partial charge in [0.15, 0.2) is 0 Å². The molecule has 0 spiro atoms. The van der Waals surface area contributed by atoms with Gasteiger partial charge in [-0.3, -0.25) is 9.59 Å². The molecule has 9 heteroatoms. The zero-order valence-electron chi connectivity index (χ0n) is 18.3. The molecule has 0 bridgehead atoms. The van der Waals surface area contributed by atoms with Gasteiger partial charge in [0.05, 0.1) is 22.9 Å². The monoisotopic (exact) mass is 466 g/mol. The van der Waals surface area contributed by atoms with E-state index in [9.17, 15) is 18.0 Å². The summed E-state index contributed by atoms with van der Waals surface area (Å²) in [6.07, 6.45) is 1.26. The fourth-order valence-electron chi connectivity index (χ4n) is 4.24. The first kappa shape index (κ1) is 23.0. The molecule has 2 heterocycles. The highest BCUT2D eigenvalue weighted by atomic mass is 32.2. The van der Waals surface area contributed by atoms with Crippen LogP contribution in [0.5, 0.6) is 0 Å². The van der Waals surface area contributed by atoms with Gasteiger partial charge in [0.25, 0.3) is 5.91 Å². The van der Waals surface area contributed by atoms with Crippen LogP contribution in [0.2, 0.25) is 0 Å². The van der Waals surface area contributed by atoms with Crippen molar-refractivity contribution in [3.8, 4) is 6.07 Å². The molecule has 8 nitrogen and oxygen atoms in total. The Morgan fingerprint density at radius 1 is 1.12 bits per heavy atom. The van der Waals surface area contributed by atoms with E-state index in [4.69, 9.17) is 5.26 Å². The zero-order chi connectivity index (χ0) is 23.6. The Bertz CT molecular complexity index is 1190. The van der Waals surface area contributed by atoms with Crippen LogP contribution in [-0.4, -0.2) is 55.1 Å². The molecule has 2 aromatic rings. The number of likely N-dealkylation sites (tertiary alicyclic amines) is 1. The van der Waals surface area contributed by atoms with Crippen molar-refractivity contribution in [3.63, 3.8) is 0 Å². The number of hydrogen-bond acceptors (Lipinski definition) is 5. The first-order chi connectivity index (χ1) is 15.8. The van der Waals surface area contributed by atoms with E-state index >= 15 is 0 Å². The Balaban J connectivity index is 1.48. The number of benzene rings is 2. The lowest BCUT2D eigenvalue weighted by molar-refractivity contribution is -0.125.